The predicted molar refractivity (Wildman–Crippen MR) is 69.8 cm³/mol. The highest BCUT2D eigenvalue weighted by Crippen LogP contribution is 2.26. The first kappa shape index (κ1) is 12.9. The van der Waals surface area contributed by atoms with Crippen LogP contribution in [0.5, 0.6) is 0 Å². The lowest BCUT2D eigenvalue weighted by Crippen LogP contribution is -2.52. The Kier molecular flexibility index (Phi) is 4.43. The van der Waals surface area contributed by atoms with Crippen molar-refractivity contribution < 1.29 is 4.79 Å². The first-order valence-corrected chi connectivity index (χ1v) is 7.20. The van der Waals surface area contributed by atoms with Crippen LogP contribution in [0.25, 0.3) is 0 Å². The molecule has 1 unspecified atom stereocenters. The Morgan fingerprint density at radius 3 is 2.82 bits per heavy atom. The van der Waals surface area contributed by atoms with Crippen molar-refractivity contribution in [1.29, 1.82) is 0 Å². The second-order valence-corrected chi connectivity index (χ2v) is 6.06. The Morgan fingerprint density at radius 2 is 2.12 bits per heavy atom. The van der Waals surface area contributed by atoms with Gasteiger partial charge in [0.15, 0.2) is 0 Å². The second-order valence-electron chi connectivity index (χ2n) is 6.06. The van der Waals surface area contributed by atoms with Crippen molar-refractivity contribution in [2.75, 3.05) is 13.1 Å². The molecule has 2 fully saturated rings. The van der Waals surface area contributed by atoms with Crippen molar-refractivity contribution in [2.24, 2.45) is 5.92 Å². The third kappa shape index (κ3) is 3.98. The number of carbonyl (C=O) groups is 1. The van der Waals surface area contributed by atoms with Crippen molar-refractivity contribution in [3.63, 3.8) is 0 Å². The maximum Gasteiger partial charge on any atom is 0.221 e. The highest BCUT2D eigenvalue weighted by atomic mass is 16.1. The summed E-state index contributed by atoms with van der Waals surface area (Å²) < 4.78 is 0. The fraction of sp³-hybridized carbons (Fsp3) is 0.929. The summed E-state index contributed by atoms with van der Waals surface area (Å²) in [5.74, 6) is 1.13. The second kappa shape index (κ2) is 5.85. The van der Waals surface area contributed by atoms with E-state index in [1.165, 1.54) is 38.5 Å². The van der Waals surface area contributed by atoms with Gasteiger partial charge in [0.1, 0.15) is 0 Å². The van der Waals surface area contributed by atoms with Crippen molar-refractivity contribution in [3.05, 3.63) is 0 Å². The summed E-state index contributed by atoms with van der Waals surface area (Å²) >= 11 is 0. The lowest BCUT2D eigenvalue weighted by atomic mass is 9.86. The van der Waals surface area contributed by atoms with E-state index in [4.69, 9.17) is 0 Å². The molecule has 3 heteroatoms. The lowest BCUT2D eigenvalue weighted by Gasteiger charge is -2.35. The van der Waals surface area contributed by atoms with Gasteiger partial charge in [-0.3, -0.25) is 4.79 Å². The minimum Gasteiger partial charge on any atom is -0.356 e. The van der Waals surface area contributed by atoms with Gasteiger partial charge in [-0.2, -0.15) is 0 Å². The molecule has 1 atom stereocenters. The minimum absolute atomic E-state index is 0.0387. The predicted octanol–water partition coefficient (Wildman–Crippen LogP) is 2.22. The van der Waals surface area contributed by atoms with Gasteiger partial charge in [0.05, 0.1) is 0 Å². The number of piperidine rings is 1. The van der Waals surface area contributed by atoms with E-state index < -0.39 is 0 Å². The van der Waals surface area contributed by atoms with E-state index in [-0.39, 0.29) is 11.4 Å². The molecule has 2 aliphatic rings. The van der Waals surface area contributed by atoms with Crippen molar-refractivity contribution in [2.45, 2.75) is 63.8 Å². The van der Waals surface area contributed by atoms with Gasteiger partial charge in [0.25, 0.3) is 0 Å². The van der Waals surface area contributed by atoms with Gasteiger partial charge < -0.3 is 10.6 Å². The molecule has 2 rings (SSSR count). The fourth-order valence-corrected chi connectivity index (χ4v) is 3.19. The van der Waals surface area contributed by atoms with E-state index in [0.29, 0.717) is 6.42 Å². The van der Waals surface area contributed by atoms with E-state index in [0.717, 1.165) is 25.4 Å². The molecule has 0 bridgehead atoms. The third-order valence-electron chi connectivity index (χ3n) is 4.38. The molecule has 1 heterocycles. The first-order valence-electron chi connectivity index (χ1n) is 7.20. The smallest absolute Gasteiger partial charge is 0.221 e. The van der Waals surface area contributed by atoms with Crippen LogP contribution in [0.1, 0.15) is 58.3 Å². The summed E-state index contributed by atoms with van der Waals surface area (Å²) in [4.78, 5) is 11.4. The number of carbonyl (C=O) groups excluding carboxylic acids is 1. The number of nitrogens with one attached hydrogen (secondary N) is 2. The SMILES string of the molecule is CC1(NCCC2CCCCC2)CCNC(=O)C1. The molecular weight excluding hydrogens is 212 g/mol. The quantitative estimate of drug-likeness (QED) is 0.788. The van der Waals surface area contributed by atoms with Crippen LogP contribution in [0.4, 0.5) is 0 Å². The number of amides is 1. The highest BCUT2D eigenvalue weighted by Gasteiger charge is 2.30. The van der Waals surface area contributed by atoms with E-state index in [2.05, 4.69) is 17.6 Å². The molecule has 0 radical (unpaired) electrons. The summed E-state index contributed by atoms with van der Waals surface area (Å²) in [6.45, 7) is 4.09. The maximum absolute atomic E-state index is 11.4. The molecule has 17 heavy (non-hydrogen) atoms. The molecule has 1 amide bonds. The summed E-state index contributed by atoms with van der Waals surface area (Å²) in [6.07, 6.45) is 10.1. The van der Waals surface area contributed by atoms with Gasteiger partial charge in [0, 0.05) is 18.5 Å². The molecule has 1 saturated carbocycles. The van der Waals surface area contributed by atoms with E-state index >= 15 is 0 Å². The number of rotatable bonds is 4. The molecule has 2 N–H and O–H groups in total. The average molecular weight is 238 g/mol. The van der Waals surface area contributed by atoms with Gasteiger partial charge in [-0.25, -0.2) is 0 Å². The third-order valence-corrected chi connectivity index (χ3v) is 4.38. The fourth-order valence-electron chi connectivity index (χ4n) is 3.19. The van der Waals surface area contributed by atoms with Crippen LogP contribution in [-0.4, -0.2) is 24.5 Å². The normalized spacial score (nSPS) is 31.2. The van der Waals surface area contributed by atoms with Crippen molar-refractivity contribution in [1.82, 2.24) is 10.6 Å². The number of hydrogen-bond acceptors (Lipinski definition) is 2. The molecule has 98 valence electrons. The van der Waals surface area contributed by atoms with Crippen molar-refractivity contribution in [3.8, 4) is 0 Å². The molecule has 1 saturated heterocycles. The molecule has 0 aromatic rings. The molecule has 1 aliphatic heterocycles. The average Bonchev–Trinajstić information content (AvgIpc) is 2.30. The van der Waals surface area contributed by atoms with Crippen LogP contribution in [0.2, 0.25) is 0 Å². The summed E-state index contributed by atoms with van der Waals surface area (Å²) in [5, 5.41) is 6.51. The molecular formula is C14H26N2O. The maximum atomic E-state index is 11.4. The van der Waals surface area contributed by atoms with E-state index in [1.54, 1.807) is 0 Å². The van der Waals surface area contributed by atoms with Crippen LogP contribution >= 0.6 is 0 Å². The zero-order valence-electron chi connectivity index (χ0n) is 11.1. The largest absolute Gasteiger partial charge is 0.356 e. The topological polar surface area (TPSA) is 41.1 Å². The molecule has 3 nitrogen and oxygen atoms in total. The Hall–Kier alpha value is -0.570. The summed E-state index contributed by atoms with van der Waals surface area (Å²) in [5.41, 5.74) is 0.0387. The van der Waals surface area contributed by atoms with Gasteiger partial charge in [-0.1, -0.05) is 32.1 Å². The number of hydrogen-bond donors (Lipinski definition) is 2. The van der Waals surface area contributed by atoms with Crippen LogP contribution < -0.4 is 10.6 Å². The van der Waals surface area contributed by atoms with Crippen LogP contribution in [0.3, 0.4) is 0 Å². The van der Waals surface area contributed by atoms with Crippen LogP contribution in [0.15, 0.2) is 0 Å². The highest BCUT2D eigenvalue weighted by molar-refractivity contribution is 5.78. The summed E-state index contributed by atoms with van der Waals surface area (Å²) in [6, 6.07) is 0. The molecule has 0 aromatic carbocycles. The Balaban J connectivity index is 1.68. The molecule has 0 aromatic heterocycles. The Bertz CT molecular complexity index is 261. The van der Waals surface area contributed by atoms with Gasteiger partial charge >= 0.3 is 0 Å². The Morgan fingerprint density at radius 1 is 1.35 bits per heavy atom. The van der Waals surface area contributed by atoms with Gasteiger partial charge in [-0.05, 0) is 32.2 Å². The molecule has 0 spiro atoms. The van der Waals surface area contributed by atoms with Crippen LogP contribution in [0, 0.1) is 5.92 Å². The first-order chi connectivity index (χ1) is 8.18. The van der Waals surface area contributed by atoms with Crippen molar-refractivity contribution >= 4 is 5.91 Å². The zero-order valence-corrected chi connectivity index (χ0v) is 11.1. The van der Waals surface area contributed by atoms with E-state index in [9.17, 15) is 4.79 Å². The summed E-state index contributed by atoms with van der Waals surface area (Å²) in [7, 11) is 0. The van der Waals surface area contributed by atoms with E-state index in [1.807, 2.05) is 0 Å². The van der Waals surface area contributed by atoms with Crippen LogP contribution in [-0.2, 0) is 4.79 Å². The standard InChI is InChI=1S/C14H26N2O/c1-14(8-10-15-13(17)11-14)16-9-7-12-5-3-2-4-6-12/h12,16H,2-11H2,1H3,(H,15,17). The van der Waals surface area contributed by atoms with Gasteiger partial charge in [-0.15, -0.1) is 0 Å². The monoisotopic (exact) mass is 238 g/mol. The Labute approximate surface area is 105 Å². The van der Waals surface area contributed by atoms with Gasteiger partial charge in [0.2, 0.25) is 5.91 Å². The zero-order chi connectivity index (χ0) is 12.1. The molecule has 1 aliphatic carbocycles. The minimum atomic E-state index is 0.0387. The lowest BCUT2D eigenvalue weighted by molar-refractivity contribution is -0.124.